The number of hydrogen-bond acceptors (Lipinski definition) is 4. The zero-order valence-corrected chi connectivity index (χ0v) is 14.6. The van der Waals surface area contributed by atoms with Gasteiger partial charge in [-0.25, -0.2) is 4.99 Å². The second-order valence-corrected chi connectivity index (χ2v) is 6.36. The molecule has 2 aliphatic heterocycles. The summed E-state index contributed by atoms with van der Waals surface area (Å²) in [7, 11) is 3.53. The van der Waals surface area contributed by atoms with Crippen LogP contribution in [0.1, 0.15) is 19.3 Å². The molecule has 2 saturated heterocycles. The van der Waals surface area contributed by atoms with E-state index in [1.807, 2.05) is 0 Å². The van der Waals surface area contributed by atoms with Gasteiger partial charge < -0.3 is 19.9 Å². The van der Waals surface area contributed by atoms with Crippen molar-refractivity contribution in [3.8, 4) is 0 Å². The third kappa shape index (κ3) is 6.35. The van der Waals surface area contributed by atoms with E-state index < -0.39 is 0 Å². The molecule has 0 saturated carbocycles. The summed E-state index contributed by atoms with van der Waals surface area (Å²) < 4.78 is 5.37. The van der Waals surface area contributed by atoms with Gasteiger partial charge in [-0.3, -0.25) is 9.69 Å². The summed E-state index contributed by atoms with van der Waals surface area (Å²) in [6.45, 7) is 8.02. The first-order valence-corrected chi connectivity index (χ1v) is 8.70. The highest BCUT2D eigenvalue weighted by Gasteiger charge is 2.17. The first kappa shape index (κ1) is 18.0. The number of likely N-dealkylation sites (N-methyl/N-ethyl adjacent to an activating group) is 1. The monoisotopic (exact) mass is 325 g/mol. The minimum absolute atomic E-state index is 0.0387. The van der Waals surface area contributed by atoms with E-state index in [1.54, 1.807) is 19.0 Å². The van der Waals surface area contributed by atoms with Crippen molar-refractivity contribution >= 4 is 11.9 Å². The predicted molar refractivity (Wildman–Crippen MR) is 91.7 cm³/mol. The van der Waals surface area contributed by atoms with Gasteiger partial charge in [-0.05, 0) is 25.8 Å². The highest BCUT2D eigenvalue weighted by molar-refractivity contribution is 5.84. The van der Waals surface area contributed by atoms with Crippen LogP contribution in [0.3, 0.4) is 0 Å². The fraction of sp³-hybridized carbons (Fsp3) is 0.875. The quantitative estimate of drug-likeness (QED) is 0.418. The van der Waals surface area contributed by atoms with Crippen LogP contribution in [0.15, 0.2) is 4.99 Å². The van der Waals surface area contributed by atoms with Crippen molar-refractivity contribution in [1.82, 2.24) is 20.0 Å². The molecular formula is C16H31N5O2. The van der Waals surface area contributed by atoms with Crippen LogP contribution in [0.25, 0.3) is 0 Å². The number of rotatable bonds is 6. The van der Waals surface area contributed by atoms with E-state index in [1.165, 1.54) is 12.8 Å². The largest absolute Gasteiger partial charge is 0.379 e. The van der Waals surface area contributed by atoms with Gasteiger partial charge in [0.15, 0.2) is 5.96 Å². The third-order valence-electron chi connectivity index (χ3n) is 4.31. The Balaban J connectivity index is 1.75. The molecule has 0 aromatic rings. The molecule has 0 aromatic heterocycles. The maximum atomic E-state index is 11.8. The zero-order chi connectivity index (χ0) is 16.5. The molecule has 1 amide bonds. The number of likely N-dealkylation sites (tertiary alicyclic amines) is 1. The number of nitrogens with one attached hydrogen (secondary N) is 1. The maximum absolute atomic E-state index is 11.8. The van der Waals surface area contributed by atoms with Crippen molar-refractivity contribution in [2.75, 3.05) is 73.1 Å². The van der Waals surface area contributed by atoms with Gasteiger partial charge in [-0.15, -0.1) is 0 Å². The molecular weight excluding hydrogens is 294 g/mol. The summed E-state index contributed by atoms with van der Waals surface area (Å²) >= 11 is 0. The molecule has 0 radical (unpaired) electrons. The highest BCUT2D eigenvalue weighted by atomic mass is 16.5. The predicted octanol–water partition coefficient (Wildman–Crippen LogP) is -0.162. The van der Waals surface area contributed by atoms with Crippen molar-refractivity contribution in [2.45, 2.75) is 19.3 Å². The minimum Gasteiger partial charge on any atom is -0.379 e. The van der Waals surface area contributed by atoms with Crippen LogP contribution in [0, 0.1) is 0 Å². The van der Waals surface area contributed by atoms with Crippen molar-refractivity contribution in [3.63, 3.8) is 0 Å². The molecule has 1 N–H and O–H groups in total. The Morgan fingerprint density at radius 2 is 1.87 bits per heavy atom. The Morgan fingerprint density at radius 3 is 2.52 bits per heavy atom. The number of guanidine groups is 1. The topological polar surface area (TPSA) is 60.4 Å². The van der Waals surface area contributed by atoms with Crippen LogP contribution in [0.2, 0.25) is 0 Å². The number of nitrogens with zero attached hydrogens (tertiary/aromatic N) is 4. The van der Waals surface area contributed by atoms with E-state index in [9.17, 15) is 4.79 Å². The van der Waals surface area contributed by atoms with Crippen molar-refractivity contribution in [2.24, 2.45) is 4.99 Å². The smallest absolute Gasteiger partial charge is 0.243 e. The lowest BCUT2D eigenvalue weighted by atomic mass is 10.3. The van der Waals surface area contributed by atoms with Crippen LogP contribution >= 0.6 is 0 Å². The van der Waals surface area contributed by atoms with Gasteiger partial charge in [-0.2, -0.15) is 0 Å². The summed E-state index contributed by atoms with van der Waals surface area (Å²) in [5.74, 6) is 0.927. The molecule has 0 aliphatic carbocycles. The summed E-state index contributed by atoms with van der Waals surface area (Å²) in [6.07, 6.45) is 3.49. The van der Waals surface area contributed by atoms with E-state index in [0.29, 0.717) is 0 Å². The average Bonchev–Trinajstić information content (AvgIpc) is 3.09. The molecule has 2 aliphatic rings. The minimum atomic E-state index is 0.0387. The fourth-order valence-electron chi connectivity index (χ4n) is 2.81. The van der Waals surface area contributed by atoms with Gasteiger partial charge >= 0.3 is 0 Å². The molecule has 7 nitrogen and oxygen atoms in total. The lowest BCUT2D eigenvalue weighted by Crippen LogP contribution is -2.42. The maximum Gasteiger partial charge on any atom is 0.243 e. The summed E-state index contributed by atoms with van der Waals surface area (Å²) in [6, 6.07) is 0. The number of aliphatic imine (C=N–C) groups is 1. The summed E-state index contributed by atoms with van der Waals surface area (Å²) in [5, 5.41) is 3.44. The average molecular weight is 325 g/mol. The van der Waals surface area contributed by atoms with Crippen molar-refractivity contribution in [3.05, 3.63) is 0 Å². The number of carbonyl (C=O) groups is 1. The van der Waals surface area contributed by atoms with Gasteiger partial charge in [0.25, 0.3) is 0 Å². The van der Waals surface area contributed by atoms with Gasteiger partial charge in [0.2, 0.25) is 5.91 Å². The van der Waals surface area contributed by atoms with Gasteiger partial charge in [0.05, 0.1) is 13.2 Å². The molecule has 132 valence electrons. The fourth-order valence-corrected chi connectivity index (χ4v) is 2.81. The van der Waals surface area contributed by atoms with Gasteiger partial charge in [0.1, 0.15) is 6.54 Å². The van der Waals surface area contributed by atoms with E-state index >= 15 is 0 Å². The molecule has 0 spiro atoms. The molecule has 0 aromatic carbocycles. The zero-order valence-electron chi connectivity index (χ0n) is 14.6. The Bertz CT molecular complexity index is 388. The standard InChI is InChI=1S/C16H31N5O2/c1-19(2)15(22)14-18-16(21-8-3-4-9-21)17-6-5-7-20-10-12-23-13-11-20/h3-14H2,1-2H3,(H,17,18). The molecule has 2 rings (SSSR count). The molecule has 23 heavy (non-hydrogen) atoms. The number of morpholine rings is 1. The Hall–Kier alpha value is -1.34. The SMILES string of the molecule is CN(C)C(=O)CN=C(NCCCN1CCOCC1)N1CCCC1. The number of amides is 1. The normalized spacial score (nSPS) is 19.9. The molecule has 0 bridgehead atoms. The van der Waals surface area contributed by atoms with E-state index in [2.05, 4.69) is 20.1 Å². The number of ether oxygens (including phenoxy) is 1. The molecule has 2 fully saturated rings. The van der Waals surface area contributed by atoms with Gasteiger partial charge in [0, 0.05) is 46.8 Å². The van der Waals surface area contributed by atoms with Crippen molar-refractivity contribution in [1.29, 1.82) is 0 Å². The first-order chi connectivity index (χ1) is 11.2. The summed E-state index contributed by atoms with van der Waals surface area (Å²) in [5.41, 5.74) is 0. The van der Waals surface area contributed by atoms with E-state index in [0.717, 1.165) is 64.9 Å². The van der Waals surface area contributed by atoms with Crippen LogP contribution in [0.5, 0.6) is 0 Å². The lowest BCUT2D eigenvalue weighted by molar-refractivity contribution is -0.127. The van der Waals surface area contributed by atoms with Crippen LogP contribution in [-0.4, -0.2) is 99.7 Å². The van der Waals surface area contributed by atoms with E-state index in [-0.39, 0.29) is 12.5 Å². The molecule has 2 heterocycles. The van der Waals surface area contributed by atoms with E-state index in [4.69, 9.17) is 4.74 Å². The Labute approximate surface area is 139 Å². The van der Waals surface area contributed by atoms with Crippen molar-refractivity contribution < 1.29 is 9.53 Å². The summed E-state index contributed by atoms with van der Waals surface area (Å²) in [4.78, 5) is 22.6. The molecule has 0 atom stereocenters. The Kier molecular flexibility index (Phi) is 7.61. The Morgan fingerprint density at radius 1 is 1.17 bits per heavy atom. The number of hydrogen-bond donors (Lipinski definition) is 1. The van der Waals surface area contributed by atoms with Gasteiger partial charge in [-0.1, -0.05) is 0 Å². The highest BCUT2D eigenvalue weighted by Crippen LogP contribution is 2.07. The van der Waals surface area contributed by atoms with Crippen LogP contribution in [-0.2, 0) is 9.53 Å². The molecule has 7 heteroatoms. The van der Waals surface area contributed by atoms with Crippen LogP contribution < -0.4 is 5.32 Å². The first-order valence-electron chi connectivity index (χ1n) is 8.70. The van der Waals surface area contributed by atoms with Crippen LogP contribution in [0.4, 0.5) is 0 Å². The lowest BCUT2D eigenvalue weighted by Gasteiger charge is -2.27. The third-order valence-corrected chi connectivity index (χ3v) is 4.31. The number of carbonyl (C=O) groups excluding carboxylic acids is 1. The second-order valence-electron chi connectivity index (χ2n) is 6.36. The molecule has 0 unspecified atom stereocenters. The second kappa shape index (κ2) is 9.72.